The molecule has 1 aliphatic heterocycles. The van der Waals surface area contributed by atoms with Gasteiger partial charge in [0.25, 0.3) is 0 Å². The number of anilines is 1. The molecule has 1 unspecified atom stereocenters. The van der Waals surface area contributed by atoms with Crippen LogP contribution in [-0.4, -0.2) is 46.0 Å². The van der Waals surface area contributed by atoms with Gasteiger partial charge in [0.15, 0.2) is 5.75 Å². The Morgan fingerprint density at radius 2 is 1.71 bits per heavy atom. The fourth-order valence-electron chi connectivity index (χ4n) is 5.83. The Labute approximate surface area is 294 Å². The lowest BCUT2D eigenvalue weighted by molar-refractivity contribution is -0.149. The number of alkyl halides is 6. The molecule has 3 N–H and O–H groups in total. The number of carboxylic acids is 1. The van der Waals surface area contributed by atoms with Crippen molar-refractivity contribution in [2.75, 3.05) is 18.1 Å². The molecule has 0 spiro atoms. The number of carbonyl (C=O) groups excluding carboxylic acids is 1. The van der Waals surface area contributed by atoms with Gasteiger partial charge in [0, 0.05) is 12.3 Å². The summed E-state index contributed by atoms with van der Waals surface area (Å²) in [4.78, 5) is 35.0. The number of fused-ring (bicyclic) bond motifs is 1. The van der Waals surface area contributed by atoms with Crippen LogP contribution in [0.3, 0.4) is 0 Å². The lowest BCUT2D eigenvalue weighted by Gasteiger charge is -2.48. The lowest BCUT2D eigenvalue weighted by Crippen LogP contribution is -2.62. The Morgan fingerprint density at radius 1 is 1.06 bits per heavy atom. The van der Waals surface area contributed by atoms with E-state index in [2.05, 4.69) is 9.97 Å². The maximum Gasteiger partial charge on any atom is 0.416 e. The Bertz CT molecular complexity index is 1890. The summed E-state index contributed by atoms with van der Waals surface area (Å²) in [5, 5.41) is 28.0. The monoisotopic (exact) mass is 732 g/mol. The third-order valence-electron chi connectivity index (χ3n) is 8.75. The zero-order valence-corrected chi connectivity index (χ0v) is 28.2. The minimum Gasteiger partial charge on any atom is -0.490 e. The molecule has 3 aromatic rings. The van der Waals surface area contributed by atoms with E-state index in [4.69, 9.17) is 20.5 Å². The number of hydrogen-bond acceptors (Lipinski definition) is 9. The second-order valence-corrected chi connectivity index (χ2v) is 12.9. The number of benzene rings is 2. The van der Waals surface area contributed by atoms with Gasteiger partial charge in [0.05, 0.1) is 70.5 Å². The maximum atomic E-state index is 14.2. The summed E-state index contributed by atoms with van der Waals surface area (Å²) in [6.07, 6.45) is -8.35. The molecule has 4 rings (SSSR count). The minimum atomic E-state index is -4.92. The van der Waals surface area contributed by atoms with E-state index in [1.165, 1.54) is 26.2 Å². The van der Waals surface area contributed by atoms with E-state index < -0.39 is 70.6 Å². The number of ether oxygens (including phenoxy) is 2. The van der Waals surface area contributed by atoms with Crippen molar-refractivity contribution in [1.82, 2.24) is 9.97 Å². The first-order chi connectivity index (χ1) is 24.3. The molecule has 52 heavy (non-hydrogen) atoms. The zero-order valence-electron chi connectivity index (χ0n) is 28.2. The summed E-state index contributed by atoms with van der Waals surface area (Å²) in [5.74, 6) is -3.91. The SMILES string of the molecule is CC[C@]1(N)C[C@@H](C(c2cc(C#N)cc(C(F)(F)F)c2)c2ncc(OCCCC#N)cn2)c2cc(C(F)(F)F)ccc2N1C(=O)OCC(C)(C)C(=O)O. The number of halogens is 6. The van der Waals surface area contributed by atoms with Crippen molar-refractivity contribution in [3.05, 3.63) is 82.4 Å². The van der Waals surface area contributed by atoms with Crippen molar-refractivity contribution in [2.45, 2.75) is 76.3 Å². The average molecular weight is 733 g/mol. The van der Waals surface area contributed by atoms with Crippen molar-refractivity contribution in [2.24, 2.45) is 11.1 Å². The molecule has 0 saturated carbocycles. The van der Waals surface area contributed by atoms with Crippen LogP contribution in [0.15, 0.2) is 48.8 Å². The lowest BCUT2D eigenvalue weighted by atomic mass is 9.71. The summed E-state index contributed by atoms with van der Waals surface area (Å²) < 4.78 is 96.0. The fraction of sp³-hybridized carbons (Fsp3) is 0.429. The molecule has 0 fully saturated rings. The normalized spacial score (nSPS) is 18.1. The van der Waals surface area contributed by atoms with Crippen molar-refractivity contribution >= 4 is 17.7 Å². The molecule has 0 saturated heterocycles. The molecule has 2 aromatic carbocycles. The summed E-state index contributed by atoms with van der Waals surface area (Å²) in [5.41, 5.74) is 0.327. The van der Waals surface area contributed by atoms with E-state index in [0.29, 0.717) is 18.6 Å². The first-order valence-corrected chi connectivity index (χ1v) is 15.9. The third kappa shape index (κ3) is 8.54. The highest BCUT2D eigenvalue weighted by Crippen LogP contribution is 2.52. The van der Waals surface area contributed by atoms with Crippen LogP contribution >= 0.6 is 0 Å². The smallest absolute Gasteiger partial charge is 0.416 e. The molecular formula is C35H34F6N6O5. The van der Waals surface area contributed by atoms with Crippen LogP contribution < -0.4 is 15.4 Å². The molecule has 2 heterocycles. The van der Waals surface area contributed by atoms with E-state index in [1.807, 2.05) is 6.07 Å². The molecule has 17 heteroatoms. The van der Waals surface area contributed by atoms with Crippen molar-refractivity contribution in [1.29, 1.82) is 10.5 Å². The van der Waals surface area contributed by atoms with E-state index in [-0.39, 0.29) is 54.3 Å². The largest absolute Gasteiger partial charge is 0.490 e. The zero-order chi connectivity index (χ0) is 38.6. The van der Waals surface area contributed by atoms with E-state index >= 15 is 0 Å². The van der Waals surface area contributed by atoms with Gasteiger partial charge in [0.2, 0.25) is 0 Å². The maximum absolute atomic E-state index is 14.2. The molecule has 0 radical (unpaired) electrons. The van der Waals surface area contributed by atoms with Gasteiger partial charge in [-0.05, 0) is 80.6 Å². The predicted octanol–water partition coefficient (Wildman–Crippen LogP) is 7.51. The van der Waals surface area contributed by atoms with Crippen molar-refractivity contribution < 1.29 is 50.5 Å². The number of amides is 1. The Balaban J connectivity index is 1.98. The van der Waals surface area contributed by atoms with Crippen molar-refractivity contribution in [3.63, 3.8) is 0 Å². The fourth-order valence-corrected chi connectivity index (χ4v) is 5.83. The number of nitrogens with two attached hydrogens (primary N) is 1. The average Bonchev–Trinajstić information content (AvgIpc) is 3.08. The second kappa shape index (κ2) is 15.1. The predicted molar refractivity (Wildman–Crippen MR) is 172 cm³/mol. The standard InChI is InChI=1S/C35H34F6N6O5/c1-4-33(44)15-26(25-14-22(34(36,37)38)7-8-27(25)47(33)31(50)52-19-32(2,3)30(48)49)28(21-11-20(16-43)12-23(13-21)35(39,40)41)29-45-17-24(18-46-29)51-10-6-5-9-42/h7-8,11-14,17-18,26,28H,4-6,10,15,19,44H2,1-3H3,(H,48,49)/t26-,28?,33-/m1/s1. The van der Waals surface area contributed by atoms with E-state index in [0.717, 1.165) is 29.2 Å². The van der Waals surface area contributed by atoms with E-state index in [1.54, 1.807) is 13.0 Å². The molecule has 1 aliphatic rings. The Morgan fingerprint density at radius 3 is 2.27 bits per heavy atom. The molecule has 1 amide bonds. The van der Waals surface area contributed by atoms with Crippen molar-refractivity contribution in [3.8, 4) is 17.9 Å². The van der Waals surface area contributed by atoms with Crippen LogP contribution in [0.25, 0.3) is 0 Å². The number of nitriles is 2. The summed E-state index contributed by atoms with van der Waals surface area (Å²) >= 11 is 0. The van der Waals surface area contributed by atoms with Gasteiger partial charge in [0.1, 0.15) is 12.4 Å². The Kier molecular flexibility index (Phi) is 11.4. The molecule has 0 bridgehead atoms. The number of nitrogens with zero attached hydrogens (tertiary/aromatic N) is 5. The van der Waals surface area contributed by atoms with Crippen LogP contribution in [0.1, 0.15) is 91.9 Å². The molecule has 0 aliphatic carbocycles. The first kappa shape index (κ1) is 39.4. The number of aromatic nitrogens is 2. The van der Waals surface area contributed by atoms with Crippen LogP contribution in [0.5, 0.6) is 5.75 Å². The third-order valence-corrected chi connectivity index (χ3v) is 8.75. The Hall–Kier alpha value is -5.42. The van der Waals surface area contributed by atoms with Crippen LogP contribution in [0.2, 0.25) is 0 Å². The van der Waals surface area contributed by atoms with Gasteiger partial charge < -0.3 is 20.3 Å². The van der Waals surface area contributed by atoms with Gasteiger partial charge >= 0.3 is 24.4 Å². The number of unbranched alkanes of at least 4 members (excludes halogenated alkanes) is 1. The first-order valence-electron chi connectivity index (χ1n) is 15.9. The van der Waals surface area contributed by atoms with Gasteiger partial charge in [-0.3, -0.25) is 9.69 Å². The molecule has 1 aromatic heterocycles. The summed E-state index contributed by atoms with van der Waals surface area (Å²) in [7, 11) is 0. The summed E-state index contributed by atoms with van der Waals surface area (Å²) in [6, 6.07) is 8.67. The van der Waals surface area contributed by atoms with Gasteiger partial charge in [-0.1, -0.05) is 6.92 Å². The van der Waals surface area contributed by atoms with Gasteiger partial charge in [-0.15, -0.1) is 0 Å². The van der Waals surface area contributed by atoms with Crippen LogP contribution in [0, 0.1) is 28.1 Å². The number of aliphatic carboxylic acids is 1. The molecule has 3 atom stereocenters. The van der Waals surface area contributed by atoms with Gasteiger partial charge in [-0.2, -0.15) is 36.9 Å². The number of carboxylic acid groups (broad SMARTS) is 1. The molecule has 11 nitrogen and oxygen atoms in total. The second-order valence-electron chi connectivity index (χ2n) is 12.9. The number of rotatable bonds is 11. The highest BCUT2D eigenvalue weighted by atomic mass is 19.4. The van der Waals surface area contributed by atoms with Crippen LogP contribution in [0.4, 0.5) is 36.8 Å². The quantitative estimate of drug-likeness (QED) is 0.148. The number of hydrogen-bond donors (Lipinski definition) is 2. The summed E-state index contributed by atoms with van der Waals surface area (Å²) in [6.45, 7) is 3.67. The molecular weight excluding hydrogens is 698 g/mol. The van der Waals surface area contributed by atoms with Gasteiger partial charge in [-0.25, -0.2) is 14.8 Å². The topological polar surface area (TPSA) is 175 Å². The highest BCUT2D eigenvalue weighted by Gasteiger charge is 2.49. The highest BCUT2D eigenvalue weighted by molar-refractivity contribution is 5.92. The number of carbonyl (C=O) groups is 2. The minimum absolute atomic E-state index is 0.0452. The van der Waals surface area contributed by atoms with E-state index in [9.17, 15) is 46.3 Å². The van der Waals surface area contributed by atoms with Crippen LogP contribution in [-0.2, 0) is 21.9 Å². The molecule has 276 valence electrons.